The number of likely N-dealkylation sites (tertiary alicyclic amines) is 1. The van der Waals surface area contributed by atoms with Crippen molar-refractivity contribution in [3.63, 3.8) is 0 Å². The van der Waals surface area contributed by atoms with Gasteiger partial charge in [0.05, 0.1) is 5.69 Å². The lowest BCUT2D eigenvalue weighted by atomic mass is 10.0. The zero-order chi connectivity index (χ0) is 15.1. The highest BCUT2D eigenvalue weighted by Gasteiger charge is 2.30. The smallest absolute Gasteiger partial charge is 0.246 e. The average Bonchev–Trinajstić information content (AvgIpc) is 2.58. The zero-order valence-corrected chi connectivity index (χ0v) is 13.2. The number of aromatic nitrogens is 2. The van der Waals surface area contributed by atoms with Gasteiger partial charge in [0, 0.05) is 19.1 Å². The Morgan fingerprint density at radius 1 is 1.40 bits per heavy atom. The van der Waals surface area contributed by atoms with Gasteiger partial charge >= 0.3 is 0 Å². The first-order valence-corrected chi connectivity index (χ1v) is 8.22. The quantitative estimate of drug-likeness (QED) is 0.824. The van der Waals surface area contributed by atoms with E-state index in [-0.39, 0.29) is 16.8 Å². The number of aryl methyl sites for hydroxylation is 1. The van der Waals surface area contributed by atoms with Gasteiger partial charge in [0.1, 0.15) is 4.90 Å². The second-order valence-electron chi connectivity index (χ2n) is 5.60. The first-order chi connectivity index (χ1) is 9.22. The van der Waals surface area contributed by atoms with Crippen LogP contribution >= 0.6 is 0 Å². The molecule has 1 aromatic heterocycles. The van der Waals surface area contributed by atoms with Crippen molar-refractivity contribution in [2.75, 3.05) is 19.3 Å². The number of nitrogens with zero attached hydrogens (tertiary/aromatic N) is 3. The third-order valence-electron chi connectivity index (χ3n) is 4.10. The van der Waals surface area contributed by atoms with Crippen LogP contribution in [0.15, 0.2) is 4.90 Å². The number of rotatable bonds is 3. The van der Waals surface area contributed by atoms with E-state index in [2.05, 4.69) is 28.7 Å². The zero-order valence-electron chi connectivity index (χ0n) is 12.4. The van der Waals surface area contributed by atoms with Gasteiger partial charge in [-0.3, -0.25) is 4.68 Å². The number of piperidine rings is 1. The fourth-order valence-electron chi connectivity index (χ4n) is 2.62. The molecule has 1 saturated heterocycles. The molecule has 20 heavy (non-hydrogen) atoms. The molecule has 0 saturated carbocycles. The van der Waals surface area contributed by atoms with Crippen molar-refractivity contribution >= 4 is 15.8 Å². The Balaban J connectivity index is 2.20. The predicted molar refractivity (Wildman–Crippen MR) is 77.8 cm³/mol. The lowest BCUT2D eigenvalue weighted by Gasteiger charge is -2.35. The van der Waals surface area contributed by atoms with Gasteiger partial charge in [-0.1, -0.05) is 0 Å². The summed E-state index contributed by atoms with van der Waals surface area (Å²) in [5, 5.41) is 3.96. The van der Waals surface area contributed by atoms with Gasteiger partial charge in [0.15, 0.2) is 5.82 Å². The minimum absolute atomic E-state index is 0.0507. The number of sulfonamides is 1. The van der Waals surface area contributed by atoms with E-state index in [0.29, 0.717) is 11.7 Å². The van der Waals surface area contributed by atoms with Crippen molar-refractivity contribution in [3.8, 4) is 0 Å². The first kappa shape index (κ1) is 15.3. The highest BCUT2D eigenvalue weighted by atomic mass is 32.2. The Labute approximate surface area is 120 Å². The minimum atomic E-state index is -3.62. The molecule has 3 N–H and O–H groups in total. The molecule has 7 nitrogen and oxygen atoms in total. The summed E-state index contributed by atoms with van der Waals surface area (Å²) in [4.78, 5) is 2.33. The highest BCUT2D eigenvalue weighted by molar-refractivity contribution is 7.89. The minimum Gasteiger partial charge on any atom is -0.381 e. The molecule has 0 radical (unpaired) electrons. The summed E-state index contributed by atoms with van der Waals surface area (Å²) < 4.78 is 29.2. The van der Waals surface area contributed by atoms with Crippen LogP contribution in [0.25, 0.3) is 0 Å². The van der Waals surface area contributed by atoms with Crippen molar-refractivity contribution in [2.45, 2.75) is 43.7 Å². The van der Waals surface area contributed by atoms with E-state index in [1.165, 1.54) is 4.68 Å². The first-order valence-electron chi connectivity index (χ1n) is 6.74. The molecule has 0 aromatic carbocycles. The molecular weight excluding hydrogens is 278 g/mol. The second kappa shape index (κ2) is 5.34. The number of nitrogens with two attached hydrogens (primary N) is 1. The van der Waals surface area contributed by atoms with Gasteiger partial charge in [-0.25, -0.2) is 13.1 Å². The van der Waals surface area contributed by atoms with Gasteiger partial charge in [-0.05, 0) is 40.3 Å². The SMILES string of the molecule is Cc1c(S(=O)(=O)NC2CCN(C)C(C)C2)c(N)nn1C. The molecule has 114 valence electrons. The van der Waals surface area contributed by atoms with Crippen LogP contribution in [-0.4, -0.2) is 48.8 Å². The summed E-state index contributed by atoms with van der Waals surface area (Å²) in [6.07, 6.45) is 1.61. The van der Waals surface area contributed by atoms with Crippen molar-refractivity contribution in [1.29, 1.82) is 0 Å². The van der Waals surface area contributed by atoms with Crippen molar-refractivity contribution in [1.82, 2.24) is 19.4 Å². The Morgan fingerprint density at radius 3 is 2.55 bits per heavy atom. The van der Waals surface area contributed by atoms with E-state index in [9.17, 15) is 8.42 Å². The van der Waals surface area contributed by atoms with Gasteiger partial charge in [-0.15, -0.1) is 0 Å². The summed E-state index contributed by atoms with van der Waals surface area (Å²) in [5.41, 5.74) is 6.28. The standard InChI is InChI=1S/C12H23N5O2S/c1-8-7-10(5-6-16(8)3)15-20(18,19)11-9(2)17(4)14-12(11)13/h8,10,15H,5-7H2,1-4H3,(H2,13,14). The summed E-state index contributed by atoms with van der Waals surface area (Å²) >= 11 is 0. The molecule has 2 atom stereocenters. The van der Waals surface area contributed by atoms with Crippen molar-refractivity contribution in [2.24, 2.45) is 7.05 Å². The van der Waals surface area contributed by atoms with E-state index < -0.39 is 10.0 Å². The summed E-state index contributed by atoms with van der Waals surface area (Å²) in [6, 6.07) is 0.314. The third-order valence-corrected chi connectivity index (χ3v) is 5.79. The Kier molecular flexibility index (Phi) is 4.08. The molecule has 0 spiro atoms. The number of hydrogen-bond acceptors (Lipinski definition) is 5. The largest absolute Gasteiger partial charge is 0.381 e. The predicted octanol–water partition coefficient (Wildman–Crippen LogP) is 0.0717. The molecule has 2 heterocycles. The van der Waals surface area contributed by atoms with Gasteiger partial charge < -0.3 is 10.6 Å². The molecule has 0 bridgehead atoms. The van der Waals surface area contributed by atoms with E-state index in [1.54, 1.807) is 14.0 Å². The van der Waals surface area contributed by atoms with Crippen LogP contribution in [0, 0.1) is 6.92 Å². The van der Waals surface area contributed by atoms with Crippen molar-refractivity contribution in [3.05, 3.63) is 5.69 Å². The molecule has 1 aromatic rings. The molecule has 8 heteroatoms. The number of nitrogen functional groups attached to an aromatic ring is 1. The Bertz CT molecular complexity index is 595. The van der Waals surface area contributed by atoms with E-state index in [0.717, 1.165) is 19.4 Å². The van der Waals surface area contributed by atoms with Gasteiger partial charge in [0.25, 0.3) is 0 Å². The van der Waals surface area contributed by atoms with Crippen molar-refractivity contribution < 1.29 is 8.42 Å². The van der Waals surface area contributed by atoms with Crippen LogP contribution in [-0.2, 0) is 17.1 Å². The van der Waals surface area contributed by atoms with Gasteiger partial charge in [-0.2, -0.15) is 5.10 Å². The van der Waals surface area contributed by atoms with Crippen LogP contribution < -0.4 is 10.5 Å². The average molecular weight is 301 g/mol. The lowest BCUT2D eigenvalue weighted by Crippen LogP contribution is -2.47. The highest BCUT2D eigenvalue weighted by Crippen LogP contribution is 2.23. The van der Waals surface area contributed by atoms with E-state index in [4.69, 9.17) is 5.73 Å². The topological polar surface area (TPSA) is 93.2 Å². The summed E-state index contributed by atoms with van der Waals surface area (Å²) in [5.74, 6) is 0.0541. The third kappa shape index (κ3) is 2.82. The lowest BCUT2D eigenvalue weighted by molar-refractivity contribution is 0.178. The molecule has 1 fully saturated rings. The summed E-state index contributed by atoms with van der Waals surface area (Å²) in [7, 11) is 0.119. The Hall–Kier alpha value is -1.12. The molecule has 0 aliphatic carbocycles. The maximum Gasteiger partial charge on any atom is 0.246 e. The number of nitrogens with one attached hydrogen (secondary N) is 1. The molecule has 0 amide bonds. The number of hydrogen-bond donors (Lipinski definition) is 2. The summed E-state index contributed by atoms with van der Waals surface area (Å²) in [6.45, 7) is 4.69. The fourth-order valence-corrected chi connectivity index (χ4v) is 4.23. The molecule has 1 aliphatic rings. The Morgan fingerprint density at radius 2 is 2.05 bits per heavy atom. The van der Waals surface area contributed by atoms with Crippen LogP contribution in [0.3, 0.4) is 0 Å². The molecule has 2 rings (SSSR count). The number of anilines is 1. The second-order valence-corrected chi connectivity index (χ2v) is 7.25. The van der Waals surface area contributed by atoms with Crippen LogP contribution in [0.5, 0.6) is 0 Å². The van der Waals surface area contributed by atoms with E-state index in [1.807, 2.05) is 0 Å². The van der Waals surface area contributed by atoms with Crippen LogP contribution in [0.4, 0.5) is 5.82 Å². The monoisotopic (exact) mass is 301 g/mol. The molecular formula is C12H23N5O2S. The molecule has 2 unspecified atom stereocenters. The maximum absolute atomic E-state index is 12.5. The van der Waals surface area contributed by atoms with Gasteiger partial charge in [0.2, 0.25) is 10.0 Å². The van der Waals surface area contributed by atoms with Crippen LogP contribution in [0.2, 0.25) is 0 Å². The fraction of sp³-hybridized carbons (Fsp3) is 0.750. The van der Waals surface area contributed by atoms with Crippen LogP contribution in [0.1, 0.15) is 25.5 Å². The van der Waals surface area contributed by atoms with E-state index >= 15 is 0 Å². The molecule has 1 aliphatic heterocycles. The normalized spacial score (nSPS) is 25.0. The maximum atomic E-state index is 12.5.